The Morgan fingerprint density at radius 2 is 1.79 bits per heavy atom. The summed E-state index contributed by atoms with van der Waals surface area (Å²) in [6, 6.07) is 6.77. The van der Waals surface area contributed by atoms with Gasteiger partial charge in [-0.2, -0.15) is 0 Å². The number of rotatable bonds is 8. The molecule has 0 bridgehead atoms. The first kappa shape index (κ1) is 18.5. The molecule has 0 fully saturated rings. The maximum atomic E-state index is 12.3. The van der Waals surface area contributed by atoms with Crippen LogP contribution in [-0.2, 0) is 22.4 Å². The Morgan fingerprint density at radius 3 is 2.50 bits per heavy atom. The summed E-state index contributed by atoms with van der Waals surface area (Å²) in [6.45, 7) is 7.08. The van der Waals surface area contributed by atoms with Gasteiger partial charge in [0.2, 0.25) is 11.8 Å². The summed E-state index contributed by atoms with van der Waals surface area (Å²) in [5.41, 5.74) is 4.23. The highest BCUT2D eigenvalue weighted by Gasteiger charge is 2.21. The summed E-state index contributed by atoms with van der Waals surface area (Å²) >= 11 is 0. The molecule has 0 aliphatic heterocycles. The first-order chi connectivity index (χ1) is 11.5. The predicted molar refractivity (Wildman–Crippen MR) is 97.0 cm³/mol. The van der Waals surface area contributed by atoms with E-state index < -0.39 is 0 Å². The van der Waals surface area contributed by atoms with Gasteiger partial charge in [-0.3, -0.25) is 9.59 Å². The number of amides is 2. The molecule has 2 rings (SSSR count). The third-order valence-corrected chi connectivity index (χ3v) is 4.81. The number of benzene rings is 1. The van der Waals surface area contributed by atoms with Gasteiger partial charge in [0.15, 0.2) is 0 Å². The van der Waals surface area contributed by atoms with Crippen LogP contribution in [0.5, 0.6) is 0 Å². The molecule has 0 saturated carbocycles. The van der Waals surface area contributed by atoms with Gasteiger partial charge in [0.1, 0.15) is 0 Å². The number of hydrogen-bond acceptors (Lipinski definition) is 2. The third kappa shape index (κ3) is 5.36. The van der Waals surface area contributed by atoms with Crippen LogP contribution in [0.4, 0.5) is 0 Å². The van der Waals surface area contributed by atoms with Crippen LogP contribution in [0, 0.1) is 5.92 Å². The molecular weight excluding hydrogens is 300 g/mol. The Kier molecular flexibility index (Phi) is 6.83. The highest BCUT2D eigenvalue weighted by molar-refractivity contribution is 5.77. The minimum Gasteiger partial charge on any atom is -0.356 e. The zero-order valence-electron chi connectivity index (χ0n) is 15.2. The number of carbonyl (C=O) groups is 2. The number of aryl methyl sites for hydroxylation is 2. The second-order valence-corrected chi connectivity index (χ2v) is 7.12. The quantitative estimate of drug-likeness (QED) is 0.720. The van der Waals surface area contributed by atoms with Gasteiger partial charge < -0.3 is 10.6 Å². The van der Waals surface area contributed by atoms with Crippen molar-refractivity contribution in [3.8, 4) is 0 Å². The lowest BCUT2D eigenvalue weighted by atomic mass is 9.84. The molecule has 1 aromatic rings. The largest absolute Gasteiger partial charge is 0.356 e. The highest BCUT2D eigenvalue weighted by Crippen LogP contribution is 2.32. The van der Waals surface area contributed by atoms with Crippen molar-refractivity contribution in [1.29, 1.82) is 0 Å². The third-order valence-electron chi connectivity index (χ3n) is 4.81. The Morgan fingerprint density at radius 1 is 1.08 bits per heavy atom. The molecule has 0 spiro atoms. The molecule has 1 atom stereocenters. The molecular formula is C20H30N2O2. The average Bonchev–Trinajstić information content (AvgIpc) is 2.99. The molecule has 1 aliphatic rings. The van der Waals surface area contributed by atoms with E-state index in [-0.39, 0.29) is 17.7 Å². The van der Waals surface area contributed by atoms with Crippen LogP contribution in [0.15, 0.2) is 18.2 Å². The molecule has 132 valence electrons. The summed E-state index contributed by atoms with van der Waals surface area (Å²) in [7, 11) is 0. The molecule has 1 aliphatic carbocycles. The van der Waals surface area contributed by atoms with Crippen LogP contribution in [0.1, 0.15) is 62.6 Å². The van der Waals surface area contributed by atoms with Crippen molar-refractivity contribution in [2.75, 3.05) is 13.1 Å². The summed E-state index contributed by atoms with van der Waals surface area (Å²) < 4.78 is 0. The number of fused-ring (bicyclic) bond motifs is 1. The minimum absolute atomic E-state index is 0.0298. The molecule has 1 unspecified atom stereocenters. The van der Waals surface area contributed by atoms with E-state index in [4.69, 9.17) is 0 Å². The molecule has 24 heavy (non-hydrogen) atoms. The molecule has 0 aromatic heterocycles. The van der Waals surface area contributed by atoms with Gasteiger partial charge in [-0.25, -0.2) is 0 Å². The zero-order valence-corrected chi connectivity index (χ0v) is 15.2. The van der Waals surface area contributed by atoms with E-state index in [2.05, 4.69) is 42.7 Å². The van der Waals surface area contributed by atoms with E-state index in [1.54, 1.807) is 0 Å². The summed E-state index contributed by atoms with van der Waals surface area (Å²) in [4.78, 5) is 23.1. The Balaban J connectivity index is 1.87. The molecule has 2 N–H and O–H groups in total. The average molecular weight is 330 g/mol. The summed E-state index contributed by atoms with van der Waals surface area (Å²) in [5.74, 6) is 0.746. The van der Waals surface area contributed by atoms with Crippen molar-refractivity contribution in [3.05, 3.63) is 34.9 Å². The van der Waals surface area contributed by atoms with E-state index in [1.165, 1.54) is 42.9 Å². The van der Waals surface area contributed by atoms with Crippen molar-refractivity contribution in [2.45, 2.75) is 58.8 Å². The lowest BCUT2D eigenvalue weighted by Crippen LogP contribution is -2.30. The fourth-order valence-electron chi connectivity index (χ4n) is 3.41. The predicted octanol–water partition coefficient (Wildman–Crippen LogP) is 2.95. The second-order valence-electron chi connectivity index (χ2n) is 7.12. The molecule has 0 radical (unpaired) electrons. The molecule has 0 saturated heterocycles. The maximum Gasteiger partial charge on any atom is 0.220 e. The van der Waals surface area contributed by atoms with Crippen molar-refractivity contribution in [2.24, 2.45) is 5.92 Å². The molecule has 4 nitrogen and oxygen atoms in total. The molecule has 4 heteroatoms. The first-order valence-electron chi connectivity index (χ1n) is 9.10. The molecule has 2 amide bonds. The van der Waals surface area contributed by atoms with Crippen LogP contribution in [0.3, 0.4) is 0 Å². The van der Waals surface area contributed by atoms with E-state index in [0.29, 0.717) is 25.4 Å². The summed E-state index contributed by atoms with van der Waals surface area (Å²) in [6.07, 6.45) is 4.90. The molecule has 0 heterocycles. The van der Waals surface area contributed by atoms with Crippen LogP contribution >= 0.6 is 0 Å². The monoisotopic (exact) mass is 330 g/mol. The van der Waals surface area contributed by atoms with Gasteiger partial charge in [-0.1, -0.05) is 32.0 Å². The van der Waals surface area contributed by atoms with E-state index in [0.717, 1.165) is 6.42 Å². The number of hydrogen-bond donors (Lipinski definition) is 2. The topological polar surface area (TPSA) is 58.2 Å². The number of carbonyl (C=O) groups excluding carboxylic acids is 2. The van der Waals surface area contributed by atoms with E-state index in [9.17, 15) is 9.59 Å². The Bertz CT molecular complexity index is 581. The Hall–Kier alpha value is -1.84. The van der Waals surface area contributed by atoms with Crippen LogP contribution in [-0.4, -0.2) is 24.9 Å². The zero-order chi connectivity index (χ0) is 17.5. The fraction of sp³-hybridized carbons (Fsp3) is 0.600. The fourth-order valence-corrected chi connectivity index (χ4v) is 3.41. The van der Waals surface area contributed by atoms with Gasteiger partial charge >= 0.3 is 0 Å². The first-order valence-corrected chi connectivity index (χ1v) is 9.10. The SMILES string of the molecule is CC(=O)NCCCNC(=O)CC(c1ccc2c(c1)CCC2)C(C)C. The van der Waals surface area contributed by atoms with Gasteiger partial charge in [-0.05, 0) is 54.2 Å². The standard InChI is InChI=1S/C20H30N2O2/c1-14(2)19(13-20(24)22-11-5-10-21-15(3)23)18-9-8-16-6-4-7-17(16)12-18/h8-9,12,14,19H,4-7,10-11,13H2,1-3H3,(H,21,23)(H,22,24). The van der Waals surface area contributed by atoms with Gasteiger partial charge in [0, 0.05) is 26.4 Å². The van der Waals surface area contributed by atoms with Gasteiger partial charge in [0.05, 0.1) is 0 Å². The van der Waals surface area contributed by atoms with Crippen LogP contribution in [0.2, 0.25) is 0 Å². The van der Waals surface area contributed by atoms with Gasteiger partial charge in [0.25, 0.3) is 0 Å². The van der Waals surface area contributed by atoms with E-state index in [1.807, 2.05) is 0 Å². The Labute approximate surface area is 145 Å². The lowest BCUT2D eigenvalue weighted by molar-refractivity contribution is -0.121. The maximum absolute atomic E-state index is 12.3. The number of nitrogens with one attached hydrogen (secondary N) is 2. The highest BCUT2D eigenvalue weighted by atomic mass is 16.2. The van der Waals surface area contributed by atoms with Crippen LogP contribution < -0.4 is 10.6 Å². The summed E-state index contributed by atoms with van der Waals surface area (Å²) in [5, 5.41) is 5.71. The van der Waals surface area contributed by atoms with E-state index >= 15 is 0 Å². The van der Waals surface area contributed by atoms with Crippen molar-refractivity contribution in [1.82, 2.24) is 10.6 Å². The minimum atomic E-state index is -0.0298. The smallest absolute Gasteiger partial charge is 0.220 e. The molecule has 1 aromatic carbocycles. The lowest BCUT2D eigenvalue weighted by Gasteiger charge is -2.22. The second kappa shape index (κ2) is 8.86. The van der Waals surface area contributed by atoms with Crippen LogP contribution in [0.25, 0.3) is 0 Å². The normalized spacial score (nSPS) is 14.3. The van der Waals surface area contributed by atoms with Crippen molar-refractivity contribution in [3.63, 3.8) is 0 Å². The van der Waals surface area contributed by atoms with Gasteiger partial charge in [-0.15, -0.1) is 0 Å². The van der Waals surface area contributed by atoms with Crippen molar-refractivity contribution < 1.29 is 9.59 Å². The van der Waals surface area contributed by atoms with Crippen molar-refractivity contribution >= 4 is 11.8 Å².